The summed E-state index contributed by atoms with van der Waals surface area (Å²) in [6, 6.07) is 5.15. The summed E-state index contributed by atoms with van der Waals surface area (Å²) in [7, 11) is 0. The third kappa shape index (κ3) is 4.06. The summed E-state index contributed by atoms with van der Waals surface area (Å²) in [5.41, 5.74) is 0.209. The number of alkyl halides is 3. The van der Waals surface area contributed by atoms with Crippen LogP contribution in [0.1, 0.15) is 50.7 Å². The summed E-state index contributed by atoms with van der Waals surface area (Å²) < 4.78 is 43.8. The number of nitrogens with one attached hydrogen (secondary N) is 1. The van der Waals surface area contributed by atoms with E-state index in [4.69, 9.17) is 10.1 Å². The maximum atomic E-state index is 12.6. The first-order valence-electron chi connectivity index (χ1n) is 7.10. The summed E-state index contributed by atoms with van der Waals surface area (Å²) in [5.74, 6) is 0. The van der Waals surface area contributed by atoms with Gasteiger partial charge in [0.15, 0.2) is 0 Å². The van der Waals surface area contributed by atoms with Gasteiger partial charge in [-0.2, -0.15) is 13.2 Å². The third-order valence-corrected chi connectivity index (χ3v) is 3.90. The molecule has 1 saturated carbocycles. The van der Waals surface area contributed by atoms with Crippen molar-refractivity contribution in [2.45, 2.75) is 57.4 Å². The van der Waals surface area contributed by atoms with Crippen molar-refractivity contribution in [3.05, 3.63) is 35.4 Å². The number of benzene rings is 1. The lowest BCUT2D eigenvalue weighted by Gasteiger charge is -2.33. The molecule has 0 amide bonds. The van der Waals surface area contributed by atoms with E-state index < -0.39 is 17.3 Å². The number of hydrogen-bond acceptors (Lipinski definition) is 2. The molecule has 1 N–H and O–H groups in total. The standard InChI is InChI=1S/C16H20F3NO/c1-15(2,21-14-9-7-13(20)8-10-14)11-3-5-12(6-4-11)16(17,18)19/h3-6,14,20H,7-10H2,1-2H3. The second-order valence-electron chi connectivity index (χ2n) is 6.01. The molecule has 1 fully saturated rings. The van der Waals surface area contributed by atoms with E-state index in [0.717, 1.165) is 49.1 Å². The molecule has 1 aromatic rings. The summed E-state index contributed by atoms with van der Waals surface area (Å²) in [5, 5.41) is 7.59. The smallest absolute Gasteiger partial charge is 0.368 e. The van der Waals surface area contributed by atoms with E-state index in [9.17, 15) is 13.2 Å². The fourth-order valence-corrected chi connectivity index (χ4v) is 2.60. The molecule has 1 aliphatic carbocycles. The molecular formula is C16H20F3NO. The van der Waals surface area contributed by atoms with Crippen LogP contribution in [0.3, 0.4) is 0 Å². The normalized spacial score (nSPS) is 20.6. The largest absolute Gasteiger partial charge is 0.416 e. The van der Waals surface area contributed by atoms with Crippen LogP contribution < -0.4 is 0 Å². The molecule has 116 valence electrons. The second-order valence-corrected chi connectivity index (χ2v) is 6.01. The molecule has 21 heavy (non-hydrogen) atoms. The van der Waals surface area contributed by atoms with Crippen molar-refractivity contribution in [3.63, 3.8) is 0 Å². The van der Waals surface area contributed by atoms with Crippen LogP contribution in [0.25, 0.3) is 0 Å². The fourth-order valence-electron chi connectivity index (χ4n) is 2.60. The Hall–Kier alpha value is -1.36. The molecule has 0 radical (unpaired) electrons. The van der Waals surface area contributed by atoms with Crippen molar-refractivity contribution < 1.29 is 17.9 Å². The highest BCUT2D eigenvalue weighted by Gasteiger charge is 2.32. The Balaban J connectivity index is 2.06. The molecule has 1 aliphatic rings. The van der Waals surface area contributed by atoms with Gasteiger partial charge in [0.25, 0.3) is 0 Å². The summed E-state index contributed by atoms with van der Waals surface area (Å²) in [6.07, 6.45) is -1.14. The molecule has 0 bridgehead atoms. The molecule has 2 rings (SSSR count). The van der Waals surface area contributed by atoms with Crippen LogP contribution in [-0.2, 0) is 16.5 Å². The van der Waals surface area contributed by atoms with Crippen molar-refractivity contribution in [2.75, 3.05) is 0 Å². The number of halogens is 3. The van der Waals surface area contributed by atoms with Gasteiger partial charge in [-0.15, -0.1) is 0 Å². The highest BCUT2D eigenvalue weighted by Crippen LogP contribution is 2.34. The van der Waals surface area contributed by atoms with E-state index >= 15 is 0 Å². The fraction of sp³-hybridized carbons (Fsp3) is 0.562. The van der Waals surface area contributed by atoms with Crippen molar-refractivity contribution in [1.29, 1.82) is 5.41 Å². The van der Waals surface area contributed by atoms with Crippen molar-refractivity contribution in [2.24, 2.45) is 0 Å². The highest BCUT2D eigenvalue weighted by atomic mass is 19.4. The average Bonchev–Trinajstić information content (AvgIpc) is 2.40. The van der Waals surface area contributed by atoms with Gasteiger partial charge in [-0.25, -0.2) is 0 Å². The summed E-state index contributed by atoms with van der Waals surface area (Å²) in [4.78, 5) is 0. The van der Waals surface area contributed by atoms with E-state index in [1.54, 1.807) is 0 Å². The topological polar surface area (TPSA) is 33.1 Å². The zero-order valence-corrected chi connectivity index (χ0v) is 12.3. The van der Waals surface area contributed by atoms with E-state index in [-0.39, 0.29) is 6.10 Å². The quantitative estimate of drug-likeness (QED) is 0.844. The maximum absolute atomic E-state index is 12.6. The van der Waals surface area contributed by atoms with E-state index in [1.807, 2.05) is 13.8 Å². The first-order valence-corrected chi connectivity index (χ1v) is 7.10. The SMILES string of the molecule is CC(C)(OC1CCC(=N)CC1)c1ccc(C(F)(F)F)cc1. The summed E-state index contributed by atoms with van der Waals surface area (Å²) >= 11 is 0. The molecule has 0 aliphatic heterocycles. The van der Waals surface area contributed by atoms with E-state index in [0.29, 0.717) is 0 Å². The van der Waals surface area contributed by atoms with Crippen LogP contribution in [0.15, 0.2) is 24.3 Å². The predicted molar refractivity (Wildman–Crippen MR) is 75.5 cm³/mol. The Bertz CT molecular complexity index is 495. The van der Waals surface area contributed by atoms with Crippen LogP contribution in [0.2, 0.25) is 0 Å². The minimum atomic E-state index is -4.31. The van der Waals surface area contributed by atoms with Crippen molar-refractivity contribution in [1.82, 2.24) is 0 Å². The highest BCUT2D eigenvalue weighted by molar-refractivity contribution is 5.82. The Morgan fingerprint density at radius 3 is 1.95 bits per heavy atom. The zero-order valence-electron chi connectivity index (χ0n) is 12.3. The number of rotatable bonds is 3. The Morgan fingerprint density at radius 2 is 1.48 bits per heavy atom. The first-order chi connectivity index (χ1) is 9.68. The Kier molecular flexibility index (Phi) is 4.42. The number of ether oxygens (including phenoxy) is 1. The Labute approximate surface area is 122 Å². The van der Waals surface area contributed by atoms with Gasteiger partial charge >= 0.3 is 6.18 Å². The van der Waals surface area contributed by atoms with Gasteiger partial charge in [-0.3, -0.25) is 0 Å². The molecule has 5 heteroatoms. The van der Waals surface area contributed by atoms with Gasteiger partial charge in [0.2, 0.25) is 0 Å². The monoisotopic (exact) mass is 299 g/mol. The average molecular weight is 299 g/mol. The first kappa shape index (κ1) is 16.0. The Morgan fingerprint density at radius 1 is 1.00 bits per heavy atom. The van der Waals surface area contributed by atoms with Gasteiger partial charge < -0.3 is 10.1 Å². The molecule has 0 saturated heterocycles. The van der Waals surface area contributed by atoms with E-state index in [1.165, 1.54) is 12.1 Å². The summed E-state index contributed by atoms with van der Waals surface area (Å²) in [6.45, 7) is 3.74. The molecule has 0 aromatic heterocycles. The van der Waals surface area contributed by atoms with Crippen LogP contribution >= 0.6 is 0 Å². The lowest BCUT2D eigenvalue weighted by Crippen LogP contribution is -2.31. The van der Waals surface area contributed by atoms with Crippen molar-refractivity contribution >= 4 is 5.71 Å². The van der Waals surface area contributed by atoms with Crippen LogP contribution in [-0.4, -0.2) is 11.8 Å². The van der Waals surface area contributed by atoms with Gasteiger partial charge in [0.1, 0.15) is 0 Å². The van der Waals surface area contributed by atoms with Crippen molar-refractivity contribution in [3.8, 4) is 0 Å². The molecule has 0 heterocycles. The predicted octanol–water partition coefficient (Wildman–Crippen LogP) is 4.92. The van der Waals surface area contributed by atoms with Gasteiger partial charge in [-0.1, -0.05) is 12.1 Å². The van der Waals surface area contributed by atoms with Crippen LogP contribution in [0.4, 0.5) is 13.2 Å². The number of hydrogen-bond donors (Lipinski definition) is 1. The minimum Gasteiger partial charge on any atom is -0.368 e. The zero-order chi connectivity index (χ0) is 15.7. The van der Waals surface area contributed by atoms with Gasteiger partial charge in [0.05, 0.1) is 17.3 Å². The molecular weight excluding hydrogens is 279 g/mol. The molecule has 1 aromatic carbocycles. The van der Waals surface area contributed by atoms with Gasteiger partial charge in [0, 0.05) is 5.71 Å². The molecule has 0 atom stereocenters. The lowest BCUT2D eigenvalue weighted by atomic mass is 9.92. The molecule has 2 nitrogen and oxygen atoms in total. The van der Waals surface area contributed by atoms with Crippen LogP contribution in [0.5, 0.6) is 0 Å². The van der Waals surface area contributed by atoms with E-state index in [2.05, 4.69) is 0 Å². The second kappa shape index (κ2) is 5.79. The third-order valence-electron chi connectivity index (χ3n) is 3.90. The lowest BCUT2D eigenvalue weighted by molar-refractivity contribution is -0.137. The maximum Gasteiger partial charge on any atom is 0.416 e. The minimum absolute atomic E-state index is 0.0661. The molecule has 0 spiro atoms. The van der Waals surface area contributed by atoms with Crippen LogP contribution in [0, 0.1) is 5.41 Å². The van der Waals surface area contributed by atoms with Gasteiger partial charge in [-0.05, 0) is 57.2 Å². The molecule has 0 unspecified atom stereocenters.